The average Bonchev–Trinajstić information content (AvgIpc) is 2.79. The maximum atomic E-state index is 5.04. The van der Waals surface area contributed by atoms with Gasteiger partial charge in [-0.3, -0.25) is 0 Å². The van der Waals surface area contributed by atoms with E-state index < -0.39 is 0 Å². The van der Waals surface area contributed by atoms with Crippen LogP contribution in [0.3, 0.4) is 0 Å². The van der Waals surface area contributed by atoms with Crippen molar-refractivity contribution in [2.24, 2.45) is 0 Å². The van der Waals surface area contributed by atoms with Crippen molar-refractivity contribution in [1.29, 1.82) is 0 Å². The maximum absolute atomic E-state index is 5.04. The summed E-state index contributed by atoms with van der Waals surface area (Å²) in [6.45, 7) is 4.29. The van der Waals surface area contributed by atoms with Crippen LogP contribution in [0.25, 0.3) is 44.4 Å². The van der Waals surface area contributed by atoms with Gasteiger partial charge in [0.05, 0.1) is 11.2 Å². The molecule has 0 bridgehead atoms. The molecule has 0 saturated heterocycles. The molecule has 0 unspecified atom stereocenters. The van der Waals surface area contributed by atoms with Crippen LogP contribution in [-0.2, 0) is 0 Å². The number of aromatic nitrogens is 1. The van der Waals surface area contributed by atoms with Gasteiger partial charge in [0, 0.05) is 10.9 Å². The Bertz CT molecular complexity index is 1350. The van der Waals surface area contributed by atoms with Crippen molar-refractivity contribution in [2.75, 3.05) is 0 Å². The summed E-state index contributed by atoms with van der Waals surface area (Å²) < 4.78 is 0. The monoisotopic (exact) mass is 385 g/mol. The van der Waals surface area contributed by atoms with E-state index in [2.05, 4.69) is 117 Å². The summed E-state index contributed by atoms with van der Waals surface area (Å²) in [5.74, 6) is 0. The van der Waals surface area contributed by atoms with Gasteiger partial charge in [-0.1, -0.05) is 90.5 Å². The summed E-state index contributed by atoms with van der Waals surface area (Å²) in [6.07, 6.45) is 0. The lowest BCUT2D eigenvalue weighted by atomic mass is 9.93. The summed E-state index contributed by atoms with van der Waals surface area (Å²) in [4.78, 5) is 5.04. The van der Waals surface area contributed by atoms with E-state index >= 15 is 0 Å². The summed E-state index contributed by atoms with van der Waals surface area (Å²) in [6, 6.07) is 36.5. The number of fused-ring (bicyclic) bond motifs is 1. The van der Waals surface area contributed by atoms with Crippen molar-refractivity contribution < 1.29 is 0 Å². The van der Waals surface area contributed by atoms with Crippen LogP contribution in [0.4, 0.5) is 0 Å². The highest BCUT2D eigenvalue weighted by molar-refractivity contribution is 5.90. The van der Waals surface area contributed by atoms with Gasteiger partial charge in [-0.2, -0.15) is 0 Å². The predicted octanol–water partition coefficient (Wildman–Crippen LogP) is 7.85. The van der Waals surface area contributed by atoms with Crippen molar-refractivity contribution in [2.45, 2.75) is 13.8 Å². The lowest BCUT2D eigenvalue weighted by Gasteiger charge is -2.14. The lowest BCUT2D eigenvalue weighted by molar-refractivity contribution is 1.36. The molecule has 5 rings (SSSR count). The van der Waals surface area contributed by atoms with Crippen LogP contribution >= 0.6 is 0 Å². The Hall–Kier alpha value is -3.71. The number of benzene rings is 4. The normalized spacial score (nSPS) is 11.0. The van der Waals surface area contributed by atoms with E-state index in [4.69, 9.17) is 4.98 Å². The third-order valence-corrected chi connectivity index (χ3v) is 5.65. The second-order valence-corrected chi connectivity index (χ2v) is 7.84. The molecule has 4 aromatic carbocycles. The van der Waals surface area contributed by atoms with E-state index in [1.807, 2.05) is 0 Å². The molecule has 0 radical (unpaired) electrons. The van der Waals surface area contributed by atoms with Crippen molar-refractivity contribution >= 4 is 10.9 Å². The Morgan fingerprint density at radius 2 is 1.33 bits per heavy atom. The summed E-state index contributed by atoms with van der Waals surface area (Å²) in [7, 11) is 0. The molecule has 0 aliphatic rings. The molecule has 0 saturated carbocycles. The first kappa shape index (κ1) is 18.3. The number of hydrogen-bond donors (Lipinski definition) is 0. The Kier molecular flexibility index (Phi) is 4.65. The fraction of sp³-hybridized carbons (Fsp3) is 0.0690. The molecule has 1 heteroatoms. The number of nitrogens with zero attached hydrogens (tertiary/aromatic N) is 1. The molecule has 0 N–H and O–H groups in total. The zero-order chi connectivity index (χ0) is 20.5. The van der Waals surface area contributed by atoms with Crippen molar-refractivity contribution in [3.8, 4) is 33.5 Å². The van der Waals surface area contributed by atoms with Crippen LogP contribution in [-0.4, -0.2) is 4.98 Å². The van der Waals surface area contributed by atoms with E-state index in [9.17, 15) is 0 Å². The van der Waals surface area contributed by atoms with Crippen molar-refractivity contribution in [3.63, 3.8) is 0 Å². The topological polar surface area (TPSA) is 12.9 Å². The Morgan fingerprint density at radius 1 is 0.567 bits per heavy atom. The molecule has 1 heterocycles. The molecule has 1 nitrogen and oxygen atoms in total. The average molecular weight is 386 g/mol. The first-order chi connectivity index (χ1) is 14.7. The first-order valence-corrected chi connectivity index (χ1v) is 10.3. The number of pyridine rings is 1. The van der Waals surface area contributed by atoms with Crippen LogP contribution < -0.4 is 0 Å². The molecule has 5 aromatic rings. The Labute approximate surface area is 177 Å². The van der Waals surface area contributed by atoms with Crippen LogP contribution in [0.5, 0.6) is 0 Å². The zero-order valence-electron chi connectivity index (χ0n) is 17.3. The number of hydrogen-bond acceptors (Lipinski definition) is 1. The molecule has 144 valence electrons. The third kappa shape index (κ3) is 3.40. The van der Waals surface area contributed by atoms with Gasteiger partial charge in [0.2, 0.25) is 0 Å². The minimum absolute atomic E-state index is 1.02. The Balaban J connectivity index is 1.63. The van der Waals surface area contributed by atoms with Gasteiger partial charge in [-0.05, 0) is 59.9 Å². The molecular formula is C29H23N. The predicted molar refractivity (Wildman–Crippen MR) is 128 cm³/mol. The second kappa shape index (κ2) is 7.61. The van der Waals surface area contributed by atoms with E-state index in [-0.39, 0.29) is 0 Å². The zero-order valence-corrected chi connectivity index (χ0v) is 17.3. The highest BCUT2D eigenvalue weighted by Crippen LogP contribution is 2.35. The highest BCUT2D eigenvalue weighted by atomic mass is 14.7. The number of aryl methyl sites for hydroxylation is 2. The smallest absolute Gasteiger partial charge is 0.0718 e. The molecule has 1 aromatic heterocycles. The minimum Gasteiger partial charge on any atom is -0.248 e. The quantitative estimate of drug-likeness (QED) is 0.308. The van der Waals surface area contributed by atoms with Gasteiger partial charge >= 0.3 is 0 Å². The third-order valence-electron chi connectivity index (χ3n) is 5.65. The van der Waals surface area contributed by atoms with Gasteiger partial charge in [0.1, 0.15) is 0 Å². The molecule has 0 amide bonds. The van der Waals surface area contributed by atoms with Gasteiger partial charge in [0.25, 0.3) is 0 Å². The molecule has 0 fully saturated rings. The van der Waals surface area contributed by atoms with Crippen LogP contribution in [0.15, 0.2) is 103 Å². The van der Waals surface area contributed by atoms with Crippen molar-refractivity contribution in [1.82, 2.24) is 4.98 Å². The molecule has 0 spiro atoms. The van der Waals surface area contributed by atoms with E-state index in [0.29, 0.717) is 0 Å². The van der Waals surface area contributed by atoms with Gasteiger partial charge < -0.3 is 0 Å². The lowest BCUT2D eigenvalue weighted by Crippen LogP contribution is -1.92. The van der Waals surface area contributed by atoms with Gasteiger partial charge in [0.15, 0.2) is 0 Å². The maximum Gasteiger partial charge on any atom is 0.0718 e. The highest BCUT2D eigenvalue weighted by Gasteiger charge is 2.12. The largest absolute Gasteiger partial charge is 0.248 e. The standard InChI is InChI=1S/C29H23N/c1-20-8-6-12-23(18-20)24-14-16-27-25(19-24)15-17-28(30-27)29-21(2)9-7-13-26(29)22-10-4-3-5-11-22/h3-19H,1-2H3. The van der Waals surface area contributed by atoms with Crippen LogP contribution in [0, 0.1) is 13.8 Å². The van der Waals surface area contributed by atoms with E-state index in [0.717, 1.165) is 16.6 Å². The van der Waals surface area contributed by atoms with Gasteiger partial charge in [-0.15, -0.1) is 0 Å². The fourth-order valence-electron chi connectivity index (χ4n) is 4.14. The molecule has 0 aliphatic heterocycles. The van der Waals surface area contributed by atoms with Crippen LogP contribution in [0.2, 0.25) is 0 Å². The molecule has 0 atom stereocenters. The fourth-order valence-corrected chi connectivity index (χ4v) is 4.14. The second-order valence-electron chi connectivity index (χ2n) is 7.84. The first-order valence-electron chi connectivity index (χ1n) is 10.3. The summed E-state index contributed by atoms with van der Waals surface area (Å²) >= 11 is 0. The van der Waals surface area contributed by atoms with E-state index in [1.165, 1.54) is 38.9 Å². The number of rotatable bonds is 3. The molecule has 30 heavy (non-hydrogen) atoms. The Morgan fingerprint density at radius 3 is 2.17 bits per heavy atom. The molecular weight excluding hydrogens is 362 g/mol. The molecule has 0 aliphatic carbocycles. The van der Waals surface area contributed by atoms with E-state index in [1.54, 1.807) is 0 Å². The summed E-state index contributed by atoms with van der Waals surface area (Å²) in [5, 5.41) is 1.16. The van der Waals surface area contributed by atoms with Gasteiger partial charge in [-0.25, -0.2) is 4.98 Å². The van der Waals surface area contributed by atoms with Crippen molar-refractivity contribution in [3.05, 3.63) is 114 Å². The van der Waals surface area contributed by atoms with Crippen LogP contribution in [0.1, 0.15) is 11.1 Å². The minimum atomic E-state index is 1.02. The summed E-state index contributed by atoms with van der Waals surface area (Å²) in [5.41, 5.74) is 10.6. The SMILES string of the molecule is Cc1cccc(-c2ccc3nc(-c4c(C)cccc4-c4ccccc4)ccc3c2)c1.